The van der Waals surface area contributed by atoms with Gasteiger partial charge in [0.15, 0.2) is 5.82 Å². The fraction of sp³-hybridized carbons (Fsp3) is 0.688. The van der Waals surface area contributed by atoms with Crippen LogP contribution < -0.4 is 10.9 Å². The van der Waals surface area contributed by atoms with Crippen molar-refractivity contribution in [1.82, 2.24) is 20.1 Å². The Morgan fingerprint density at radius 1 is 1.42 bits per heavy atom. The van der Waals surface area contributed by atoms with Gasteiger partial charge < -0.3 is 4.74 Å². The lowest BCUT2D eigenvalue weighted by atomic mass is 10.1. The number of nitrogens with one attached hydrogen (secondary N) is 2. The van der Waals surface area contributed by atoms with Crippen molar-refractivity contribution < 1.29 is 9.53 Å². The van der Waals surface area contributed by atoms with Gasteiger partial charge in [0, 0.05) is 19.6 Å². The third-order valence-corrected chi connectivity index (χ3v) is 4.90. The van der Waals surface area contributed by atoms with E-state index in [1.165, 1.54) is 12.8 Å². The van der Waals surface area contributed by atoms with Crippen molar-refractivity contribution in [2.45, 2.75) is 44.7 Å². The maximum atomic E-state index is 12.6. The summed E-state index contributed by atoms with van der Waals surface area (Å²) < 4.78 is 7.07. The van der Waals surface area contributed by atoms with Gasteiger partial charge in [-0.05, 0) is 19.8 Å². The molecule has 1 unspecified atom stereocenters. The van der Waals surface area contributed by atoms with Gasteiger partial charge in [0.05, 0.1) is 18.9 Å². The van der Waals surface area contributed by atoms with Gasteiger partial charge in [-0.15, -0.1) is 0 Å². The average Bonchev–Trinajstić information content (AvgIpc) is 3.20. The van der Waals surface area contributed by atoms with Gasteiger partial charge in [-0.3, -0.25) is 25.2 Å². The number of aromatic nitrogens is 2. The summed E-state index contributed by atoms with van der Waals surface area (Å²) in [6, 6.07) is 2.28. The standard InChI is InChI=1S/C16H24N6O2/c1-11-13(9-17)15(21(2)20-11)18-19-16(23)14-10-24-8-7-22(14)12-5-3-4-6-12/h12,14,18H,3-8,10H2,1-2H3,(H,19,23). The first-order valence-electron chi connectivity index (χ1n) is 8.45. The van der Waals surface area contributed by atoms with Crippen LogP contribution in [0.1, 0.15) is 36.9 Å². The molecule has 2 fully saturated rings. The summed E-state index contributed by atoms with van der Waals surface area (Å²) in [5, 5.41) is 13.4. The van der Waals surface area contributed by atoms with Crippen molar-refractivity contribution in [2.24, 2.45) is 7.05 Å². The molecular formula is C16H24N6O2. The van der Waals surface area contributed by atoms with Crippen LogP contribution in [0.2, 0.25) is 0 Å². The van der Waals surface area contributed by atoms with Crippen molar-refractivity contribution in [1.29, 1.82) is 5.26 Å². The Hall–Kier alpha value is -2.11. The van der Waals surface area contributed by atoms with E-state index >= 15 is 0 Å². The SMILES string of the molecule is Cc1nn(C)c(NNC(=O)C2COCCN2C2CCCC2)c1C#N. The highest BCUT2D eigenvalue weighted by molar-refractivity contribution is 5.83. The Bertz CT molecular complexity index is 644. The Kier molecular flexibility index (Phi) is 5.02. The summed E-state index contributed by atoms with van der Waals surface area (Å²) in [6.07, 6.45) is 4.76. The lowest BCUT2D eigenvalue weighted by molar-refractivity contribution is -0.134. The number of carbonyl (C=O) groups excluding carboxylic acids is 1. The minimum Gasteiger partial charge on any atom is -0.378 e. The van der Waals surface area contributed by atoms with Gasteiger partial charge in [0.25, 0.3) is 5.91 Å². The molecule has 2 heterocycles. The molecule has 1 aliphatic heterocycles. The number of rotatable bonds is 4. The van der Waals surface area contributed by atoms with Crippen molar-refractivity contribution in [2.75, 3.05) is 25.2 Å². The number of nitrogens with zero attached hydrogens (tertiary/aromatic N) is 4. The number of nitriles is 1. The molecule has 2 N–H and O–H groups in total. The molecule has 1 saturated heterocycles. The van der Waals surface area contributed by atoms with E-state index in [2.05, 4.69) is 26.9 Å². The lowest BCUT2D eigenvalue weighted by Gasteiger charge is -2.38. The Balaban J connectivity index is 1.66. The molecule has 1 saturated carbocycles. The zero-order valence-electron chi connectivity index (χ0n) is 14.2. The quantitative estimate of drug-likeness (QED) is 0.788. The number of hydrazine groups is 1. The minimum atomic E-state index is -0.297. The Morgan fingerprint density at radius 3 is 2.88 bits per heavy atom. The second-order valence-corrected chi connectivity index (χ2v) is 6.43. The molecule has 1 atom stereocenters. The molecule has 3 rings (SSSR count). The normalized spacial score (nSPS) is 22.3. The van der Waals surface area contributed by atoms with Gasteiger partial charge in [-0.25, -0.2) is 0 Å². The number of amides is 1. The van der Waals surface area contributed by atoms with Gasteiger partial charge >= 0.3 is 0 Å². The van der Waals surface area contributed by atoms with Crippen molar-refractivity contribution >= 4 is 11.7 Å². The molecule has 8 nitrogen and oxygen atoms in total. The van der Waals surface area contributed by atoms with E-state index in [4.69, 9.17) is 4.74 Å². The van der Waals surface area contributed by atoms with Crippen molar-refractivity contribution in [3.8, 4) is 6.07 Å². The van der Waals surface area contributed by atoms with Crippen LogP contribution in [0, 0.1) is 18.3 Å². The van der Waals surface area contributed by atoms with Crippen molar-refractivity contribution in [3.63, 3.8) is 0 Å². The number of aryl methyl sites for hydroxylation is 2. The minimum absolute atomic E-state index is 0.135. The molecule has 8 heteroatoms. The second kappa shape index (κ2) is 7.20. The van der Waals surface area contributed by atoms with E-state index < -0.39 is 0 Å². The van der Waals surface area contributed by atoms with Crippen LogP contribution in [0.5, 0.6) is 0 Å². The number of morpholine rings is 1. The molecule has 130 valence electrons. The Labute approximate surface area is 141 Å². The van der Waals surface area contributed by atoms with Crippen LogP contribution in [-0.4, -0.2) is 52.4 Å². The zero-order valence-corrected chi connectivity index (χ0v) is 14.2. The number of hydrogen-bond acceptors (Lipinski definition) is 6. The molecule has 0 aromatic carbocycles. The highest BCUT2D eigenvalue weighted by atomic mass is 16.5. The maximum Gasteiger partial charge on any atom is 0.258 e. The topological polar surface area (TPSA) is 95.2 Å². The second-order valence-electron chi connectivity index (χ2n) is 6.43. The first-order valence-corrected chi connectivity index (χ1v) is 8.45. The van der Waals surface area contributed by atoms with Crippen LogP contribution in [-0.2, 0) is 16.6 Å². The molecule has 0 spiro atoms. The van der Waals surface area contributed by atoms with E-state index in [0.717, 1.165) is 19.4 Å². The van der Waals surface area contributed by atoms with Crippen LogP contribution >= 0.6 is 0 Å². The average molecular weight is 332 g/mol. The molecule has 0 bridgehead atoms. The monoisotopic (exact) mass is 332 g/mol. The molecule has 24 heavy (non-hydrogen) atoms. The zero-order chi connectivity index (χ0) is 17.1. The molecule has 0 radical (unpaired) electrons. The van der Waals surface area contributed by atoms with Gasteiger partial charge in [-0.2, -0.15) is 10.4 Å². The summed E-state index contributed by atoms with van der Waals surface area (Å²) >= 11 is 0. The number of ether oxygens (including phenoxy) is 1. The largest absolute Gasteiger partial charge is 0.378 e. The molecule has 1 amide bonds. The van der Waals surface area contributed by atoms with Crippen molar-refractivity contribution in [3.05, 3.63) is 11.3 Å². The molecular weight excluding hydrogens is 308 g/mol. The van der Waals surface area contributed by atoms with Crippen LogP contribution in [0.4, 0.5) is 5.82 Å². The van der Waals surface area contributed by atoms with Crippen LogP contribution in [0.3, 0.4) is 0 Å². The number of carbonyl (C=O) groups is 1. The lowest BCUT2D eigenvalue weighted by Crippen LogP contribution is -2.57. The number of anilines is 1. The molecule has 1 aromatic heterocycles. The van der Waals surface area contributed by atoms with E-state index in [1.54, 1.807) is 18.7 Å². The van der Waals surface area contributed by atoms with E-state index in [9.17, 15) is 10.1 Å². The van der Waals surface area contributed by atoms with Crippen LogP contribution in [0.15, 0.2) is 0 Å². The van der Waals surface area contributed by atoms with E-state index in [-0.39, 0.29) is 11.9 Å². The van der Waals surface area contributed by atoms with E-state index in [1.807, 2.05) is 0 Å². The van der Waals surface area contributed by atoms with Gasteiger partial charge in [0.2, 0.25) is 0 Å². The summed E-state index contributed by atoms with van der Waals surface area (Å²) in [5.74, 6) is 0.358. The third kappa shape index (κ3) is 3.23. The summed E-state index contributed by atoms with van der Waals surface area (Å²) in [7, 11) is 1.73. The summed E-state index contributed by atoms with van der Waals surface area (Å²) in [6.45, 7) is 3.63. The first kappa shape index (κ1) is 16.7. The van der Waals surface area contributed by atoms with Gasteiger partial charge in [0.1, 0.15) is 17.7 Å². The molecule has 1 aliphatic carbocycles. The number of hydrogen-bond donors (Lipinski definition) is 2. The molecule has 2 aliphatic rings. The van der Waals surface area contributed by atoms with E-state index in [0.29, 0.717) is 36.3 Å². The summed E-state index contributed by atoms with van der Waals surface area (Å²) in [4.78, 5) is 14.9. The highest BCUT2D eigenvalue weighted by Crippen LogP contribution is 2.26. The molecule has 1 aromatic rings. The predicted molar refractivity (Wildman–Crippen MR) is 88.0 cm³/mol. The smallest absolute Gasteiger partial charge is 0.258 e. The summed E-state index contributed by atoms with van der Waals surface area (Å²) in [5.41, 5.74) is 6.65. The fourth-order valence-corrected chi connectivity index (χ4v) is 3.66. The highest BCUT2D eigenvalue weighted by Gasteiger charge is 2.35. The van der Waals surface area contributed by atoms with Crippen LogP contribution in [0.25, 0.3) is 0 Å². The third-order valence-electron chi connectivity index (χ3n) is 4.90. The van der Waals surface area contributed by atoms with Gasteiger partial charge in [-0.1, -0.05) is 12.8 Å². The maximum absolute atomic E-state index is 12.6. The Morgan fingerprint density at radius 2 is 2.17 bits per heavy atom. The predicted octanol–water partition coefficient (Wildman–Crippen LogP) is 0.687. The first-order chi connectivity index (χ1) is 11.6. The fourth-order valence-electron chi connectivity index (χ4n) is 3.66.